The average molecular weight is 348 g/mol. The van der Waals surface area contributed by atoms with Gasteiger partial charge in [-0.1, -0.05) is 0 Å². The van der Waals surface area contributed by atoms with Gasteiger partial charge in [0.2, 0.25) is 5.91 Å². The van der Waals surface area contributed by atoms with Gasteiger partial charge in [0.15, 0.2) is 5.76 Å². The molecule has 0 saturated carbocycles. The lowest BCUT2D eigenvalue weighted by Gasteiger charge is -2.34. The van der Waals surface area contributed by atoms with Crippen LogP contribution in [-0.2, 0) is 14.3 Å². The van der Waals surface area contributed by atoms with E-state index < -0.39 is 6.04 Å². The second kappa shape index (κ2) is 7.72. The van der Waals surface area contributed by atoms with E-state index in [1.165, 1.54) is 6.26 Å². The maximum absolute atomic E-state index is 12.9. The number of amides is 2. The Balaban J connectivity index is 1.59. The van der Waals surface area contributed by atoms with E-state index in [1.54, 1.807) is 28.9 Å². The number of esters is 1. The molecule has 1 unspecified atom stereocenters. The molecule has 2 amide bonds. The zero-order valence-electron chi connectivity index (χ0n) is 14.5. The van der Waals surface area contributed by atoms with Gasteiger partial charge < -0.3 is 19.0 Å². The molecule has 25 heavy (non-hydrogen) atoms. The molecule has 2 fully saturated rings. The van der Waals surface area contributed by atoms with E-state index in [1.807, 2.05) is 0 Å². The van der Waals surface area contributed by atoms with Gasteiger partial charge in [-0.25, -0.2) is 0 Å². The van der Waals surface area contributed by atoms with Crippen molar-refractivity contribution >= 4 is 17.8 Å². The lowest BCUT2D eigenvalue weighted by Crippen LogP contribution is -2.50. The highest BCUT2D eigenvalue weighted by Gasteiger charge is 2.39. The van der Waals surface area contributed by atoms with Crippen molar-refractivity contribution in [3.63, 3.8) is 0 Å². The van der Waals surface area contributed by atoms with Crippen LogP contribution in [0.3, 0.4) is 0 Å². The first-order valence-corrected chi connectivity index (χ1v) is 8.91. The summed E-state index contributed by atoms with van der Waals surface area (Å²) >= 11 is 0. The van der Waals surface area contributed by atoms with Crippen LogP contribution in [0.5, 0.6) is 0 Å². The fourth-order valence-corrected chi connectivity index (χ4v) is 3.61. The summed E-state index contributed by atoms with van der Waals surface area (Å²) in [6.07, 6.45) is 4.17. The topological polar surface area (TPSA) is 80.1 Å². The highest BCUT2D eigenvalue weighted by atomic mass is 16.5. The highest BCUT2D eigenvalue weighted by molar-refractivity contribution is 5.96. The van der Waals surface area contributed by atoms with Gasteiger partial charge in [0, 0.05) is 19.6 Å². The fraction of sp³-hybridized carbons (Fsp3) is 0.611. The number of ether oxygens (including phenoxy) is 1. The van der Waals surface area contributed by atoms with Crippen molar-refractivity contribution in [2.45, 2.75) is 38.6 Å². The number of hydrogen-bond acceptors (Lipinski definition) is 5. The Bertz CT molecular complexity index is 619. The Kier molecular flexibility index (Phi) is 5.40. The molecular weight excluding hydrogens is 324 g/mol. The van der Waals surface area contributed by atoms with Crippen LogP contribution in [0.15, 0.2) is 22.8 Å². The highest BCUT2D eigenvalue weighted by Crippen LogP contribution is 2.25. The number of piperidine rings is 1. The molecule has 1 atom stereocenters. The number of hydrogen-bond donors (Lipinski definition) is 0. The second-order valence-corrected chi connectivity index (χ2v) is 6.49. The lowest BCUT2D eigenvalue weighted by molar-refractivity contribution is -0.151. The van der Waals surface area contributed by atoms with E-state index in [4.69, 9.17) is 9.15 Å². The molecule has 0 aromatic carbocycles. The van der Waals surface area contributed by atoms with Crippen LogP contribution < -0.4 is 0 Å². The van der Waals surface area contributed by atoms with Crippen LogP contribution in [0, 0.1) is 5.92 Å². The zero-order chi connectivity index (χ0) is 17.8. The summed E-state index contributed by atoms with van der Waals surface area (Å²) in [5.74, 6) is -0.304. The van der Waals surface area contributed by atoms with Gasteiger partial charge in [0.25, 0.3) is 5.91 Å². The molecule has 3 heterocycles. The minimum Gasteiger partial charge on any atom is -0.466 e. The molecule has 0 spiro atoms. The normalized spacial score (nSPS) is 21.4. The monoisotopic (exact) mass is 348 g/mol. The number of likely N-dealkylation sites (tertiary alicyclic amines) is 2. The number of rotatable bonds is 4. The van der Waals surface area contributed by atoms with Crippen LogP contribution in [0.2, 0.25) is 0 Å². The second-order valence-electron chi connectivity index (χ2n) is 6.49. The standard InChI is InChI=1S/C18H24N2O5/c1-2-24-18(23)13-7-10-19(11-8-13)16(21)14-5-3-9-20(14)17(22)15-6-4-12-25-15/h4,6,12-14H,2-3,5,7-11H2,1H3. The maximum atomic E-state index is 12.9. The third-order valence-electron chi connectivity index (χ3n) is 4.96. The summed E-state index contributed by atoms with van der Waals surface area (Å²) in [6.45, 7) is 3.80. The number of furan rings is 1. The van der Waals surface area contributed by atoms with Crippen molar-refractivity contribution in [2.75, 3.05) is 26.2 Å². The number of nitrogens with zero attached hydrogens (tertiary/aromatic N) is 2. The van der Waals surface area contributed by atoms with Crippen LogP contribution in [0.25, 0.3) is 0 Å². The van der Waals surface area contributed by atoms with Crippen LogP contribution in [0.4, 0.5) is 0 Å². The summed E-state index contributed by atoms with van der Waals surface area (Å²) in [5, 5.41) is 0. The van der Waals surface area contributed by atoms with Gasteiger partial charge in [-0.15, -0.1) is 0 Å². The van der Waals surface area contributed by atoms with Crippen molar-refractivity contribution in [3.05, 3.63) is 24.2 Å². The molecule has 7 nitrogen and oxygen atoms in total. The van der Waals surface area contributed by atoms with E-state index in [-0.39, 0.29) is 29.5 Å². The summed E-state index contributed by atoms with van der Waals surface area (Å²) in [7, 11) is 0. The van der Waals surface area contributed by atoms with E-state index in [0.717, 1.165) is 6.42 Å². The first-order chi connectivity index (χ1) is 12.1. The molecule has 2 aliphatic rings. The van der Waals surface area contributed by atoms with E-state index >= 15 is 0 Å². The van der Waals surface area contributed by atoms with E-state index in [9.17, 15) is 14.4 Å². The SMILES string of the molecule is CCOC(=O)C1CCN(C(=O)C2CCCN2C(=O)c2ccco2)CC1. The Hall–Kier alpha value is -2.31. The molecule has 3 rings (SSSR count). The number of carbonyl (C=O) groups excluding carboxylic acids is 3. The van der Waals surface area contributed by atoms with Gasteiger partial charge in [-0.2, -0.15) is 0 Å². The van der Waals surface area contributed by atoms with Crippen molar-refractivity contribution < 1.29 is 23.5 Å². The Labute approximate surface area is 146 Å². The third kappa shape index (κ3) is 3.70. The summed E-state index contributed by atoms with van der Waals surface area (Å²) in [5.41, 5.74) is 0. The average Bonchev–Trinajstić information content (AvgIpc) is 3.32. The third-order valence-corrected chi connectivity index (χ3v) is 4.96. The maximum Gasteiger partial charge on any atom is 0.309 e. The minimum atomic E-state index is -0.434. The van der Waals surface area contributed by atoms with E-state index in [2.05, 4.69) is 0 Å². The van der Waals surface area contributed by atoms with Crippen LogP contribution in [-0.4, -0.2) is 59.9 Å². The fourth-order valence-electron chi connectivity index (χ4n) is 3.61. The van der Waals surface area contributed by atoms with Crippen molar-refractivity contribution in [3.8, 4) is 0 Å². The summed E-state index contributed by atoms with van der Waals surface area (Å²) < 4.78 is 10.2. The number of carbonyl (C=O) groups is 3. The molecule has 2 saturated heterocycles. The van der Waals surface area contributed by atoms with Gasteiger partial charge >= 0.3 is 5.97 Å². The largest absolute Gasteiger partial charge is 0.466 e. The van der Waals surface area contributed by atoms with Gasteiger partial charge in [-0.3, -0.25) is 14.4 Å². The molecular formula is C18H24N2O5. The van der Waals surface area contributed by atoms with Crippen molar-refractivity contribution in [2.24, 2.45) is 5.92 Å². The van der Waals surface area contributed by atoms with E-state index in [0.29, 0.717) is 45.5 Å². The predicted octanol–water partition coefficient (Wildman–Crippen LogP) is 1.69. The van der Waals surface area contributed by atoms with Gasteiger partial charge in [-0.05, 0) is 44.7 Å². The van der Waals surface area contributed by atoms with Crippen LogP contribution in [0.1, 0.15) is 43.2 Å². The molecule has 0 radical (unpaired) electrons. The molecule has 0 bridgehead atoms. The Morgan fingerprint density at radius 1 is 1.20 bits per heavy atom. The van der Waals surface area contributed by atoms with Gasteiger partial charge in [0.05, 0.1) is 18.8 Å². The Morgan fingerprint density at radius 3 is 2.60 bits per heavy atom. The van der Waals surface area contributed by atoms with Crippen molar-refractivity contribution in [1.82, 2.24) is 9.80 Å². The molecule has 0 aliphatic carbocycles. The molecule has 1 aromatic heterocycles. The quantitative estimate of drug-likeness (QED) is 0.774. The molecule has 1 aromatic rings. The lowest BCUT2D eigenvalue weighted by atomic mass is 9.96. The molecule has 7 heteroatoms. The van der Waals surface area contributed by atoms with Crippen LogP contribution >= 0.6 is 0 Å². The minimum absolute atomic E-state index is 0.0280. The first kappa shape index (κ1) is 17.5. The van der Waals surface area contributed by atoms with Crippen molar-refractivity contribution in [1.29, 1.82) is 0 Å². The Morgan fingerprint density at radius 2 is 1.96 bits per heavy atom. The zero-order valence-corrected chi connectivity index (χ0v) is 14.5. The smallest absolute Gasteiger partial charge is 0.309 e. The first-order valence-electron chi connectivity index (χ1n) is 8.91. The summed E-state index contributed by atoms with van der Waals surface area (Å²) in [6, 6.07) is 2.85. The molecule has 2 aliphatic heterocycles. The molecule has 0 N–H and O–H groups in total. The van der Waals surface area contributed by atoms with Gasteiger partial charge in [0.1, 0.15) is 6.04 Å². The summed E-state index contributed by atoms with van der Waals surface area (Å²) in [4.78, 5) is 40.6. The molecule has 136 valence electrons. The predicted molar refractivity (Wildman–Crippen MR) is 88.7 cm³/mol.